The summed E-state index contributed by atoms with van der Waals surface area (Å²) < 4.78 is 5.63. The number of hydrogen-bond donors (Lipinski definition) is 2. The molecule has 1 fully saturated rings. The zero-order chi connectivity index (χ0) is 14.5. The van der Waals surface area contributed by atoms with E-state index in [-0.39, 0.29) is 12.0 Å². The van der Waals surface area contributed by atoms with Gasteiger partial charge in [-0.25, -0.2) is 0 Å². The van der Waals surface area contributed by atoms with Gasteiger partial charge in [0, 0.05) is 24.8 Å². The molecule has 0 radical (unpaired) electrons. The first-order valence-electron chi connectivity index (χ1n) is 7.14. The molecule has 0 atom stereocenters. The lowest BCUT2D eigenvalue weighted by Crippen LogP contribution is -2.32. The van der Waals surface area contributed by atoms with E-state index in [2.05, 4.69) is 5.32 Å². The van der Waals surface area contributed by atoms with Crippen molar-refractivity contribution in [2.45, 2.75) is 32.8 Å². The predicted octanol–water partition coefficient (Wildman–Crippen LogP) is 2.09. The number of benzene rings is 1. The van der Waals surface area contributed by atoms with E-state index in [0.717, 1.165) is 31.6 Å². The summed E-state index contributed by atoms with van der Waals surface area (Å²) in [6.45, 7) is 5.98. The molecule has 1 aliphatic heterocycles. The third kappa shape index (κ3) is 3.79. The summed E-state index contributed by atoms with van der Waals surface area (Å²) in [4.78, 5) is 13.9. The molecule has 0 spiro atoms. The number of likely N-dealkylation sites (tertiary alicyclic amines) is 1. The quantitative estimate of drug-likeness (QED) is 0.809. The highest BCUT2D eigenvalue weighted by Crippen LogP contribution is 2.26. The van der Waals surface area contributed by atoms with Gasteiger partial charge in [-0.2, -0.15) is 0 Å². The zero-order valence-corrected chi connectivity index (χ0v) is 12.2. The molecule has 5 heteroatoms. The molecule has 1 heterocycles. The Balaban J connectivity index is 1.93. The van der Waals surface area contributed by atoms with Gasteiger partial charge < -0.3 is 20.7 Å². The van der Waals surface area contributed by atoms with Gasteiger partial charge in [0.25, 0.3) is 0 Å². The van der Waals surface area contributed by atoms with Gasteiger partial charge in [-0.1, -0.05) is 0 Å². The number of nitrogen functional groups attached to an aromatic ring is 1. The molecule has 3 N–H and O–H groups in total. The Hall–Kier alpha value is -1.91. The predicted molar refractivity (Wildman–Crippen MR) is 80.9 cm³/mol. The van der Waals surface area contributed by atoms with Crippen LogP contribution < -0.4 is 15.8 Å². The van der Waals surface area contributed by atoms with Crippen molar-refractivity contribution in [3.8, 4) is 5.75 Å². The largest absolute Gasteiger partial charge is 0.489 e. The molecular weight excluding hydrogens is 254 g/mol. The van der Waals surface area contributed by atoms with Gasteiger partial charge in [-0.3, -0.25) is 4.79 Å². The Bertz CT molecular complexity index is 468. The van der Waals surface area contributed by atoms with Crippen molar-refractivity contribution in [3.63, 3.8) is 0 Å². The molecule has 5 nitrogen and oxygen atoms in total. The van der Waals surface area contributed by atoms with E-state index in [1.807, 2.05) is 30.9 Å². The Morgan fingerprint density at radius 2 is 2.10 bits per heavy atom. The van der Waals surface area contributed by atoms with Gasteiger partial charge >= 0.3 is 0 Å². The number of carbonyl (C=O) groups excluding carboxylic acids is 1. The van der Waals surface area contributed by atoms with Gasteiger partial charge in [0.05, 0.1) is 18.3 Å². The summed E-state index contributed by atoms with van der Waals surface area (Å²) in [5, 5.41) is 3.14. The van der Waals surface area contributed by atoms with E-state index < -0.39 is 0 Å². The number of anilines is 2. The average molecular weight is 277 g/mol. The lowest BCUT2D eigenvalue weighted by atomic mass is 10.2. The highest BCUT2D eigenvalue weighted by molar-refractivity contribution is 5.81. The fraction of sp³-hybridized carbons (Fsp3) is 0.533. The van der Waals surface area contributed by atoms with Crippen molar-refractivity contribution in [3.05, 3.63) is 18.2 Å². The lowest BCUT2D eigenvalue weighted by molar-refractivity contribution is -0.128. The monoisotopic (exact) mass is 277 g/mol. The van der Waals surface area contributed by atoms with Crippen LogP contribution in [0.1, 0.15) is 26.7 Å². The number of nitrogens with two attached hydrogens (primary N) is 1. The van der Waals surface area contributed by atoms with Crippen molar-refractivity contribution in [1.29, 1.82) is 0 Å². The van der Waals surface area contributed by atoms with Gasteiger partial charge in [0.1, 0.15) is 5.75 Å². The van der Waals surface area contributed by atoms with Crippen LogP contribution in [0.2, 0.25) is 0 Å². The molecule has 1 aromatic rings. The first-order valence-corrected chi connectivity index (χ1v) is 7.14. The minimum Gasteiger partial charge on any atom is -0.489 e. The number of nitrogens with zero attached hydrogens (tertiary/aromatic N) is 1. The topological polar surface area (TPSA) is 67.6 Å². The molecule has 1 saturated heterocycles. The Morgan fingerprint density at radius 1 is 1.40 bits per heavy atom. The molecule has 110 valence electrons. The van der Waals surface area contributed by atoms with Gasteiger partial charge in [0.2, 0.25) is 5.91 Å². The SMILES string of the molecule is CC(C)Oc1cc(NCC(=O)N2CCCC2)ccc1N. The first kappa shape index (κ1) is 14.5. The molecule has 1 amide bonds. The van der Waals surface area contributed by atoms with Crippen LogP contribution in [0.4, 0.5) is 11.4 Å². The van der Waals surface area contributed by atoms with Crippen LogP contribution in [-0.2, 0) is 4.79 Å². The molecule has 1 aliphatic rings. The summed E-state index contributed by atoms with van der Waals surface area (Å²) in [6, 6.07) is 5.49. The Morgan fingerprint density at radius 3 is 2.75 bits per heavy atom. The van der Waals surface area contributed by atoms with E-state index >= 15 is 0 Å². The number of carbonyl (C=O) groups is 1. The highest BCUT2D eigenvalue weighted by atomic mass is 16.5. The number of nitrogens with one attached hydrogen (secondary N) is 1. The van der Waals surface area contributed by atoms with Crippen molar-refractivity contribution >= 4 is 17.3 Å². The van der Waals surface area contributed by atoms with Crippen molar-refractivity contribution in [2.24, 2.45) is 0 Å². The Kier molecular flexibility index (Phi) is 4.71. The van der Waals surface area contributed by atoms with Crippen LogP contribution in [0.25, 0.3) is 0 Å². The van der Waals surface area contributed by atoms with Crippen LogP contribution in [0.15, 0.2) is 18.2 Å². The molecule has 0 aliphatic carbocycles. The highest BCUT2D eigenvalue weighted by Gasteiger charge is 2.17. The molecule has 20 heavy (non-hydrogen) atoms. The van der Waals surface area contributed by atoms with E-state index in [1.165, 1.54) is 0 Å². The molecule has 1 aromatic carbocycles. The van der Waals surface area contributed by atoms with E-state index in [1.54, 1.807) is 6.07 Å². The second-order valence-electron chi connectivity index (χ2n) is 5.36. The normalized spacial score (nSPS) is 14.7. The maximum Gasteiger partial charge on any atom is 0.241 e. The van der Waals surface area contributed by atoms with Crippen LogP contribution in [-0.4, -0.2) is 36.5 Å². The van der Waals surface area contributed by atoms with Crippen LogP contribution in [0.3, 0.4) is 0 Å². The minimum atomic E-state index is 0.0683. The summed E-state index contributed by atoms with van der Waals surface area (Å²) in [5.41, 5.74) is 7.32. The Labute approximate surface area is 120 Å². The number of rotatable bonds is 5. The maximum absolute atomic E-state index is 12.0. The molecule has 0 unspecified atom stereocenters. The van der Waals surface area contributed by atoms with Gasteiger partial charge in [-0.05, 0) is 38.8 Å². The smallest absolute Gasteiger partial charge is 0.241 e. The van der Waals surface area contributed by atoms with Crippen LogP contribution >= 0.6 is 0 Å². The maximum atomic E-state index is 12.0. The second-order valence-corrected chi connectivity index (χ2v) is 5.36. The third-order valence-electron chi connectivity index (χ3n) is 3.28. The van der Waals surface area contributed by atoms with Crippen molar-refractivity contribution in [1.82, 2.24) is 4.90 Å². The van der Waals surface area contributed by atoms with Crippen molar-refractivity contribution in [2.75, 3.05) is 30.7 Å². The second kappa shape index (κ2) is 6.50. The zero-order valence-electron chi connectivity index (χ0n) is 12.2. The average Bonchev–Trinajstić information content (AvgIpc) is 2.92. The summed E-state index contributed by atoms with van der Waals surface area (Å²) in [5.74, 6) is 0.796. The lowest BCUT2D eigenvalue weighted by Gasteiger charge is -2.17. The van der Waals surface area contributed by atoms with E-state index in [4.69, 9.17) is 10.5 Å². The minimum absolute atomic E-state index is 0.0683. The summed E-state index contributed by atoms with van der Waals surface area (Å²) >= 11 is 0. The van der Waals surface area contributed by atoms with Gasteiger partial charge in [0.15, 0.2) is 0 Å². The number of ether oxygens (including phenoxy) is 1. The number of hydrogen-bond acceptors (Lipinski definition) is 4. The van der Waals surface area contributed by atoms with E-state index in [9.17, 15) is 4.79 Å². The molecule has 0 aromatic heterocycles. The van der Waals surface area contributed by atoms with Gasteiger partial charge in [-0.15, -0.1) is 0 Å². The standard InChI is InChI=1S/C15H23N3O2/c1-11(2)20-14-9-12(5-6-13(14)16)17-10-15(19)18-7-3-4-8-18/h5-6,9,11,17H,3-4,7-8,10,16H2,1-2H3. The third-order valence-corrected chi connectivity index (χ3v) is 3.28. The van der Waals surface area contributed by atoms with Crippen LogP contribution in [0, 0.1) is 0 Å². The summed E-state index contributed by atoms with van der Waals surface area (Å²) in [6.07, 6.45) is 2.29. The number of amides is 1. The van der Waals surface area contributed by atoms with Crippen molar-refractivity contribution < 1.29 is 9.53 Å². The first-order chi connectivity index (χ1) is 9.56. The molecular formula is C15H23N3O2. The fourth-order valence-electron chi connectivity index (χ4n) is 2.26. The fourth-order valence-corrected chi connectivity index (χ4v) is 2.26. The summed E-state index contributed by atoms with van der Waals surface area (Å²) in [7, 11) is 0. The molecule has 2 rings (SSSR count). The van der Waals surface area contributed by atoms with Crippen LogP contribution in [0.5, 0.6) is 5.75 Å². The molecule has 0 saturated carbocycles. The van der Waals surface area contributed by atoms with E-state index in [0.29, 0.717) is 18.0 Å². The molecule has 0 bridgehead atoms.